The molecule has 122 valence electrons. The van der Waals surface area contributed by atoms with E-state index in [9.17, 15) is 9.59 Å². The Morgan fingerprint density at radius 3 is 2.67 bits per heavy atom. The van der Waals surface area contributed by atoms with E-state index in [0.29, 0.717) is 12.1 Å². The van der Waals surface area contributed by atoms with E-state index in [0.717, 1.165) is 16.6 Å². The summed E-state index contributed by atoms with van der Waals surface area (Å²) in [6.45, 7) is 0. The summed E-state index contributed by atoms with van der Waals surface area (Å²) < 4.78 is 2.05. The zero-order valence-electron chi connectivity index (χ0n) is 13.1. The summed E-state index contributed by atoms with van der Waals surface area (Å²) in [6.07, 6.45) is 4.58. The Kier molecular flexibility index (Phi) is 4.61. The van der Waals surface area contributed by atoms with Crippen LogP contribution < -0.4 is 5.32 Å². The van der Waals surface area contributed by atoms with Gasteiger partial charge >= 0.3 is 5.97 Å². The number of carbonyl (C=O) groups is 2. The second-order valence-corrected chi connectivity index (χ2v) is 5.64. The summed E-state index contributed by atoms with van der Waals surface area (Å²) >= 11 is 0. The highest BCUT2D eigenvalue weighted by Crippen LogP contribution is 2.25. The summed E-state index contributed by atoms with van der Waals surface area (Å²) in [5.74, 6) is -1.05. The topological polar surface area (TPSA) is 70.8 Å². The number of nitrogens with one attached hydrogen (secondary N) is 1. The van der Waals surface area contributed by atoms with E-state index >= 15 is 0 Å². The van der Waals surface area contributed by atoms with Gasteiger partial charge in [0.25, 0.3) is 0 Å². The average molecular weight is 322 g/mol. The van der Waals surface area contributed by atoms with Gasteiger partial charge < -0.3 is 14.8 Å². The minimum absolute atomic E-state index is 0.00475. The molecule has 2 aromatic heterocycles. The molecular formula is C19H18N2O3. The van der Waals surface area contributed by atoms with Crippen LogP contribution in [-0.4, -0.2) is 21.4 Å². The summed E-state index contributed by atoms with van der Waals surface area (Å²) in [5, 5.41) is 11.4. The quantitative estimate of drug-likeness (QED) is 0.725. The van der Waals surface area contributed by atoms with Crippen molar-refractivity contribution in [1.82, 2.24) is 4.40 Å². The molecule has 2 heterocycles. The summed E-state index contributed by atoms with van der Waals surface area (Å²) in [7, 11) is 0. The van der Waals surface area contributed by atoms with Gasteiger partial charge in [0.2, 0.25) is 5.91 Å². The third kappa shape index (κ3) is 3.81. The van der Waals surface area contributed by atoms with Crippen molar-refractivity contribution in [1.29, 1.82) is 0 Å². The molecule has 3 rings (SSSR count). The van der Waals surface area contributed by atoms with Crippen LogP contribution in [0.1, 0.15) is 19.3 Å². The maximum atomic E-state index is 11.9. The molecule has 2 N–H and O–H groups in total. The first-order valence-electron chi connectivity index (χ1n) is 7.81. The molecule has 0 atom stereocenters. The van der Waals surface area contributed by atoms with Gasteiger partial charge in [-0.2, -0.15) is 0 Å². The van der Waals surface area contributed by atoms with Crippen LogP contribution in [0.4, 0.5) is 5.69 Å². The van der Waals surface area contributed by atoms with Crippen LogP contribution in [0.25, 0.3) is 16.6 Å². The number of nitrogens with zero attached hydrogens (tertiary/aromatic N) is 1. The van der Waals surface area contributed by atoms with Gasteiger partial charge in [0.1, 0.15) is 0 Å². The number of amides is 1. The number of benzene rings is 1. The number of aromatic nitrogens is 1. The minimum atomic E-state index is -0.884. The zero-order chi connectivity index (χ0) is 16.9. The Bertz CT molecular complexity index is 850. The second-order valence-electron chi connectivity index (χ2n) is 5.64. The molecule has 0 saturated heterocycles. The summed E-state index contributed by atoms with van der Waals surface area (Å²) in [6, 6.07) is 15.7. The maximum Gasteiger partial charge on any atom is 0.303 e. The molecule has 24 heavy (non-hydrogen) atoms. The molecule has 3 aromatic rings. The molecular weight excluding hydrogens is 304 g/mol. The van der Waals surface area contributed by atoms with E-state index in [4.69, 9.17) is 5.11 Å². The van der Waals surface area contributed by atoms with E-state index in [1.807, 2.05) is 59.3 Å². The van der Waals surface area contributed by atoms with Crippen molar-refractivity contribution in [3.8, 4) is 11.1 Å². The Labute approximate surface area is 139 Å². The lowest BCUT2D eigenvalue weighted by Gasteiger charge is -2.06. The van der Waals surface area contributed by atoms with Crippen molar-refractivity contribution in [2.45, 2.75) is 19.3 Å². The Morgan fingerprint density at radius 2 is 1.88 bits per heavy atom. The fraction of sp³-hybridized carbons (Fsp3) is 0.158. The van der Waals surface area contributed by atoms with Crippen molar-refractivity contribution in [2.24, 2.45) is 0 Å². The monoisotopic (exact) mass is 322 g/mol. The lowest BCUT2D eigenvalue weighted by molar-refractivity contribution is -0.137. The highest BCUT2D eigenvalue weighted by atomic mass is 16.4. The molecule has 0 fully saturated rings. The van der Waals surface area contributed by atoms with Crippen LogP contribution in [-0.2, 0) is 9.59 Å². The second kappa shape index (κ2) is 7.00. The van der Waals surface area contributed by atoms with Crippen molar-refractivity contribution in [3.05, 3.63) is 60.9 Å². The normalized spacial score (nSPS) is 10.7. The standard InChI is InChI=1S/C19H18N2O3/c22-18(8-4-9-19(23)24)20-16-6-3-5-14(11-16)15-12-17-7-1-2-10-21(17)13-15/h1-3,5-7,10-13H,4,8-9H2,(H,20,22)(H,23,24). The number of hydrogen-bond acceptors (Lipinski definition) is 2. The number of rotatable bonds is 6. The van der Waals surface area contributed by atoms with Gasteiger partial charge in [-0.1, -0.05) is 18.2 Å². The predicted molar refractivity (Wildman–Crippen MR) is 92.9 cm³/mol. The van der Waals surface area contributed by atoms with Crippen LogP contribution in [0.3, 0.4) is 0 Å². The SMILES string of the molecule is O=C(O)CCCC(=O)Nc1cccc(-c2cc3ccccn3c2)c1. The highest BCUT2D eigenvalue weighted by Gasteiger charge is 2.07. The first-order valence-corrected chi connectivity index (χ1v) is 7.81. The first-order chi connectivity index (χ1) is 11.6. The summed E-state index contributed by atoms with van der Waals surface area (Å²) in [5.41, 5.74) is 3.91. The lowest BCUT2D eigenvalue weighted by Crippen LogP contribution is -2.11. The number of pyridine rings is 1. The average Bonchev–Trinajstić information content (AvgIpc) is 2.99. The van der Waals surface area contributed by atoms with E-state index in [1.165, 1.54) is 0 Å². The Balaban J connectivity index is 1.72. The molecule has 5 heteroatoms. The van der Waals surface area contributed by atoms with Crippen LogP contribution in [0.5, 0.6) is 0 Å². The third-order valence-electron chi connectivity index (χ3n) is 3.78. The van der Waals surface area contributed by atoms with Crippen LogP contribution >= 0.6 is 0 Å². The highest BCUT2D eigenvalue weighted by molar-refractivity contribution is 5.91. The van der Waals surface area contributed by atoms with E-state index in [2.05, 4.69) is 11.4 Å². The molecule has 0 aliphatic heterocycles. The third-order valence-corrected chi connectivity index (χ3v) is 3.78. The number of fused-ring (bicyclic) bond motifs is 1. The number of carboxylic acid groups (broad SMARTS) is 1. The van der Waals surface area contributed by atoms with Gasteiger partial charge in [0.05, 0.1) is 0 Å². The van der Waals surface area contributed by atoms with Gasteiger partial charge in [-0.3, -0.25) is 9.59 Å². The largest absolute Gasteiger partial charge is 0.481 e. The van der Waals surface area contributed by atoms with Gasteiger partial charge in [0.15, 0.2) is 0 Å². The fourth-order valence-electron chi connectivity index (χ4n) is 2.61. The zero-order valence-corrected chi connectivity index (χ0v) is 13.1. The number of carbonyl (C=O) groups excluding carboxylic acids is 1. The fourth-order valence-corrected chi connectivity index (χ4v) is 2.61. The molecule has 0 unspecified atom stereocenters. The minimum Gasteiger partial charge on any atom is -0.481 e. The van der Waals surface area contributed by atoms with Crippen LogP contribution in [0, 0.1) is 0 Å². The van der Waals surface area contributed by atoms with Crippen LogP contribution in [0.15, 0.2) is 60.9 Å². The van der Waals surface area contributed by atoms with Crippen molar-refractivity contribution < 1.29 is 14.7 Å². The van der Waals surface area contributed by atoms with Crippen LogP contribution in [0.2, 0.25) is 0 Å². The van der Waals surface area contributed by atoms with E-state index in [1.54, 1.807) is 0 Å². The maximum absolute atomic E-state index is 11.9. The van der Waals surface area contributed by atoms with Crippen molar-refractivity contribution >= 4 is 23.1 Å². The number of carboxylic acids is 1. The predicted octanol–water partition coefficient (Wildman–Crippen LogP) is 3.80. The number of anilines is 1. The van der Waals surface area contributed by atoms with E-state index < -0.39 is 5.97 Å². The molecule has 1 amide bonds. The Hall–Kier alpha value is -3.08. The molecule has 0 spiro atoms. The summed E-state index contributed by atoms with van der Waals surface area (Å²) in [4.78, 5) is 22.4. The smallest absolute Gasteiger partial charge is 0.303 e. The molecule has 5 nitrogen and oxygen atoms in total. The molecule has 0 aliphatic rings. The first kappa shape index (κ1) is 15.8. The van der Waals surface area contributed by atoms with Gasteiger partial charge in [-0.25, -0.2) is 0 Å². The molecule has 1 aromatic carbocycles. The lowest BCUT2D eigenvalue weighted by atomic mass is 10.1. The van der Waals surface area contributed by atoms with Gasteiger partial charge in [-0.05, 0) is 42.3 Å². The van der Waals surface area contributed by atoms with E-state index in [-0.39, 0.29) is 18.7 Å². The molecule has 0 saturated carbocycles. The molecule has 0 radical (unpaired) electrons. The number of aliphatic carboxylic acids is 1. The van der Waals surface area contributed by atoms with Gasteiger partial charge in [0, 0.05) is 42.0 Å². The van der Waals surface area contributed by atoms with Crippen molar-refractivity contribution in [3.63, 3.8) is 0 Å². The molecule has 0 bridgehead atoms. The van der Waals surface area contributed by atoms with Gasteiger partial charge in [-0.15, -0.1) is 0 Å². The van der Waals surface area contributed by atoms with Crippen molar-refractivity contribution in [2.75, 3.05) is 5.32 Å². The number of hydrogen-bond donors (Lipinski definition) is 2. The molecule has 0 aliphatic carbocycles. The Morgan fingerprint density at radius 1 is 1.00 bits per heavy atom.